The number of hydrogen-bond acceptors (Lipinski definition) is 5. The van der Waals surface area contributed by atoms with Gasteiger partial charge in [0.1, 0.15) is 5.82 Å². The Hall–Kier alpha value is -1.69. The number of nitrogens with zero attached hydrogens (tertiary/aromatic N) is 2. The summed E-state index contributed by atoms with van der Waals surface area (Å²) < 4.78 is 5.84. The third kappa shape index (κ3) is 4.77. The highest BCUT2D eigenvalue weighted by atomic mass is 16.5. The van der Waals surface area contributed by atoms with E-state index in [2.05, 4.69) is 15.3 Å². The zero-order chi connectivity index (χ0) is 14.2. The molecule has 0 atom stereocenters. The van der Waals surface area contributed by atoms with Gasteiger partial charge in [0.2, 0.25) is 0 Å². The van der Waals surface area contributed by atoms with E-state index in [0.29, 0.717) is 25.1 Å². The van der Waals surface area contributed by atoms with E-state index in [4.69, 9.17) is 9.84 Å². The van der Waals surface area contributed by atoms with E-state index in [1.54, 1.807) is 0 Å². The molecule has 0 amide bonds. The van der Waals surface area contributed by atoms with Crippen LogP contribution in [0.5, 0.6) is 0 Å². The fourth-order valence-electron chi connectivity index (χ4n) is 2.34. The third-order valence-corrected chi connectivity index (χ3v) is 3.43. The molecule has 1 heterocycles. The quantitative estimate of drug-likeness (QED) is 0.614. The Morgan fingerprint density at radius 2 is 2.00 bits per heavy atom. The summed E-state index contributed by atoms with van der Waals surface area (Å²) in [4.78, 5) is 18.4. The van der Waals surface area contributed by atoms with Crippen molar-refractivity contribution in [2.75, 3.05) is 18.5 Å². The summed E-state index contributed by atoms with van der Waals surface area (Å²) in [5.74, 6) is -0.500. The molecule has 0 unspecified atom stereocenters. The second-order valence-corrected chi connectivity index (χ2v) is 5.00. The number of rotatable bonds is 6. The highest BCUT2D eigenvalue weighted by Crippen LogP contribution is 2.19. The number of aromatic carboxylic acids is 1. The van der Waals surface area contributed by atoms with E-state index in [0.717, 1.165) is 12.8 Å². The highest BCUT2D eigenvalue weighted by Gasteiger charge is 2.12. The van der Waals surface area contributed by atoms with Crippen LogP contribution in [0.3, 0.4) is 0 Å². The summed E-state index contributed by atoms with van der Waals surface area (Å²) in [5, 5.41) is 11.8. The maximum atomic E-state index is 10.6. The first-order valence-electron chi connectivity index (χ1n) is 7.16. The van der Waals surface area contributed by atoms with Crippen LogP contribution in [-0.4, -0.2) is 40.3 Å². The molecule has 110 valence electrons. The number of carboxylic acids is 1. The summed E-state index contributed by atoms with van der Waals surface area (Å²) >= 11 is 0. The standard InChI is InChI=1S/C14H21N3O3/c18-14(19)12-9-17-13(10-16-12)15-7-8-20-11-5-3-1-2-4-6-11/h9-11H,1-8H2,(H,15,17)(H,18,19). The maximum absolute atomic E-state index is 10.6. The monoisotopic (exact) mass is 279 g/mol. The van der Waals surface area contributed by atoms with Crippen LogP contribution in [-0.2, 0) is 4.74 Å². The minimum atomic E-state index is -1.07. The lowest BCUT2D eigenvalue weighted by Crippen LogP contribution is -2.18. The molecule has 1 aliphatic carbocycles. The first-order valence-corrected chi connectivity index (χ1v) is 7.16. The first kappa shape index (κ1) is 14.7. The SMILES string of the molecule is O=C(O)c1cnc(NCCOC2CCCCCC2)cn1. The molecule has 1 aromatic rings. The van der Waals surface area contributed by atoms with Gasteiger partial charge in [-0.1, -0.05) is 25.7 Å². The van der Waals surface area contributed by atoms with Crippen molar-refractivity contribution in [2.24, 2.45) is 0 Å². The Morgan fingerprint density at radius 1 is 1.25 bits per heavy atom. The fourth-order valence-corrected chi connectivity index (χ4v) is 2.34. The molecule has 2 rings (SSSR count). The number of carboxylic acid groups (broad SMARTS) is 1. The van der Waals surface area contributed by atoms with E-state index in [-0.39, 0.29) is 5.69 Å². The molecule has 0 spiro atoms. The molecule has 0 radical (unpaired) electrons. The topological polar surface area (TPSA) is 84.3 Å². The zero-order valence-corrected chi connectivity index (χ0v) is 11.5. The van der Waals surface area contributed by atoms with Gasteiger partial charge in [-0.05, 0) is 12.8 Å². The van der Waals surface area contributed by atoms with E-state index >= 15 is 0 Å². The minimum absolute atomic E-state index is 0.0507. The summed E-state index contributed by atoms with van der Waals surface area (Å²) in [6, 6.07) is 0. The van der Waals surface area contributed by atoms with Crippen molar-refractivity contribution in [3.63, 3.8) is 0 Å². The lowest BCUT2D eigenvalue weighted by molar-refractivity contribution is 0.0501. The molecular formula is C14H21N3O3. The summed E-state index contributed by atoms with van der Waals surface area (Å²) in [7, 11) is 0. The van der Waals surface area contributed by atoms with Crippen LogP contribution < -0.4 is 5.32 Å². The Kier molecular flexibility index (Phi) is 5.73. The number of carbonyl (C=O) groups is 1. The number of aromatic nitrogens is 2. The van der Waals surface area contributed by atoms with Crippen LogP contribution in [0.2, 0.25) is 0 Å². The van der Waals surface area contributed by atoms with Crippen LogP contribution in [0.4, 0.5) is 5.82 Å². The molecule has 0 saturated heterocycles. The van der Waals surface area contributed by atoms with E-state index in [1.165, 1.54) is 38.1 Å². The minimum Gasteiger partial charge on any atom is -0.476 e. The van der Waals surface area contributed by atoms with Gasteiger partial charge < -0.3 is 15.2 Å². The molecule has 6 heteroatoms. The zero-order valence-electron chi connectivity index (χ0n) is 11.5. The van der Waals surface area contributed by atoms with Gasteiger partial charge >= 0.3 is 5.97 Å². The maximum Gasteiger partial charge on any atom is 0.356 e. The van der Waals surface area contributed by atoms with Crippen LogP contribution in [0.15, 0.2) is 12.4 Å². The molecule has 1 aromatic heterocycles. The largest absolute Gasteiger partial charge is 0.476 e. The van der Waals surface area contributed by atoms with E-state index in [9.17, 15) is 4.79 Å². The predicted molar refractivity (Wildman–Crippen MR) is 74.9 cm³/mol. The van der Waals surface area contributed by atoms with Crippen molar-refractivity contribution in [3.8, 4) is 0 Å². The van der Waals surface area contributed by atoms with Gasteiger partial charge in [-0.2, -0.15) is 0 Å². The molecule has 0 aliphatic heterocycles. The van der Waals surface area contributed by atoms with Gasteiger partial charge in [0.25, 0.3) is 0 Å². The first-order chi connectivity index (χ1) is 9.75. The van der Waals surface area contributed by atoms with E-state index < -0.39 is 5.97 Å². The molecular weight excluding hydrogens is 258 g/mol. The van der Waals surface area contributed by atoms with Gasteiger partial charge in [0, 0.05) is 6.54 Å². The second kappa shape index (κ2) is 7.79. The number of hydrogen-bond donors (Lipinski definition) is 2. The van der Waals surface area contributed by atoms with Crippen molar-refractivity contribution < 1.29 is 14.6 Å². The average molecular weight is 279 g/mol. The molecule has 20 heavy (non-hydrogen) atoms. The molecule has 6 nitrogen and oxygen atoms in total. The molecule has 1 saturated carbocycles. The molecule has 2 N–H and O–H groups in total. The Labute approximate surface area is 118 Å². The number of anilines is 1. The lowest BCUT2D eigenvalue weighted by Gasteiger charge is -2.15. The highest BCUT2D eigenvalue weighted by molar-refractivity contribution is 5.84. The summed E-state index contributed by atoms with van der Waals surface area (Å²) in [5.41, 5.74) is -0.0507. The van der Waals surface area contributed by atoms with Crippen LogP contribution in [0.25, 0.3) is 0 Å². The molecule has 1 fully saturated rings. The molecule has 0 bridgehead atoms. The Morgan fingerprint density at radius 3 is 2.60 bits per heavy atom. The van der Waals surface area contributed by atoms with Gasteiger partial charge in [-0.15, -0.1) is 0 Å². The van der Waals surface area contributed by atoms with Gasteiger partial charge in [-0.25, -0.2) is 14.8 Å². The Bertz CT molecular complexity index is 414. The lowest BCUT2D eigenvalue weighted by atomic mass is 10.1. The van der Waals surface area contributed by atoms with Gasteiger partial charge in [0.05, 0.1) is 25.1 Å². The predicted octanol–water partition coefficient (Wildman–Crippen LogP) is 2.33. The average Bonchev–Trinajstić information content (AvgIpc) is 2.73. The fraction of sp³-hybridized carbons (Fsp3) is 0.643. The molecule has 1 aliphatic rings. The Balaban J connectivity index is 1.66. The molecule has 0 aromatic carbocycles. The van der Waals surface area contributed by atoms with Crippen LogP contribution in [0, 0.1) is 0 Å². The number of nitrogens with one attached hydrogen (secondary N) is 1. The smallest absolute Gasteiger partial charge is 0.356 e. The van der Waals surface area contributed by atoms with Gasteiger partial charge in [-0.3, -0.25) is 0 Å². The second-order valence-electron chi connectivity index (χ2n) is 5.00. The summed E-state index contributed by atoms with van der Waals surface area (Å²) in [6.07, 6.45) is 10.6. The van der Waals surface area contributed by atoms with Crippen molar-refractivity contribution in [2.45, 2.75) is 44.6 Å². The van der Waals surface area contributed by atoms with Crippen molar-refractivity contribution in [1.29, 1.82) is 0 Å². The van der Waals surface area contributed by atoms with Gasteiger partial charge in [0.15, 0.2) is 5.69 Å². The summed E-state index contributed by atoms with van der Waals surface area (Å²) in [6.45, 7) is 1.28. The third-order valence-electron chi connectivity index (χ3n) is 3.43. The normalized spacial score (nSPS) is 16.6. The van der Waals surface area contributed by atoms with Crippen molar-refractivity contribution in [1.82, 2.24) is 9.97 Å². The van der Waals surface area contributed by atoms with E-state index in [1.807, 2.05) is 0 Å². The van der Waals surface area contributed by atoms with Crippen LogP contribution >= 0.6 is 0 Å². The van der Waals surface area contributed by atoms with Crippen molar-refractivity contribution in [3.05, 3.63) is 18.1 Å². The number of ether oxygens (including phenoxy) is 1. The van der Waals surface area contributed by atoms with Crippen molar-refractivity contribution >= 4 is 11.8 Å². The van der Waals surface area contributed by atoms with Crippen LogP contribution in [0.1, 0.15) is 49.0 Å².